The van der Waals surface area contributed by atoms with Crippen LogP contribution in [0, 0.1) is 0 Å². The molecule has 0 fully saturated rings. The molecular weight excluding hydrogens is 284 g/mol. The van der Waals surface area contributed by atoms with Gasteiger partial charge < -0.3 is 24.4 Å². The maximum absolute atomic E-state index is 9.19. The average molecular weight is 306 g/mol. The summed E-state index contributed by atoms with van der Waals surface area (Å²) in [5.41, 5.74) is 1.69. The minimum absolute atomic E-state index is 0.395. The molecule has 0 bridgehead atoms. The second kappa shape index (κ2) is 8.00. The molecule has 0 amide bonds. The van der Waals surface area contributed by atoms with Gasteiger partial charge in [0, 0.05) is 31.0 Å². The third-order valence-electron chi connectivity index (χ3n) is 3.15. The molecular formula is C15H22N4O3. The minimum atomic E-state index is -1.51. The van der Waals surface area contributed by atoms with Gasteiger partial charge in [-0.2, -0.15) is 0 Å². The lowest BCUT2D eigenvalue weighted by Crippen LogP contribution is -2.19. The van der Waals surface area contributed by atoms with Crippen LogP contribution in [0.15, 0.2) is 30.9 Å². The zero-order chi connectivity index (χ0) is 15.9. The lowest BCUT2D eigenvalue weighted by atomic mass is 10.2. The zero-order valence-electron chi connectivity index (χ0n) is 12.9. The van der Waals surface area contributed by atoms with E-state index in [0.29, 0.717) is 36.7 Å². The number of aliphatic hydroxyl groups is 2. The molecule has 0 radical (unpaired) electrons. The first kappa shape index (κ1) is 16.6. The highest BCUT2D eigenvalue weighted by Gasteiger charge is 2.08. The minimum Gasteiger partial charge on any atom is -0.378 e. The quantitative estimate of drug-likeness (QED) is 0.546. The predicted octanol–water partition coefficient (Wildman–Crippen LogP) is 0.506. The van der Waals surface area contributed by atoms with Crippen LogP contribution in [-0.4, -0.2) is 63.5 Å². The molecule has 0 unspecified atom stereocenters. The van der Waals surface area contributed by atoms with E-state index in [-0.39, 0.29) is 0 Å². The van der Waals surface area contributed by atoms with E-state index in [1.165, 1.54) is 6.20 Å². The molecule has 2 heterocycles. The number of nitrogens with zero attached hydrogens (tertiary/aromatic N) is 4. The first-order chi connectivity index (χ1) is 10.6. The standard InChI is InChI=1S/C15H22N4O3/c1-18(2)5-7-22-8-6-19-10-14(17-11-19)13-9-12(15(20)21)3-4-16-13/h3-4,9-11,15,20-21H,5-8H2,1-2H3. The van der Waals surface area contributed by atoms with Crippen LogP contribution >= 0.6 is 0 Å². The molecule has 0 aliphatic carbocycles. The second-order valence-electron chi connectivity index (χ2n) is 5.26. The summed E-state index contributed by atoms with van der Waals surface area (Å²) < 4.78 is 7.47. The Morgan fingerprint density at radius 3 is 2.77 bits per heavy atom. The van der Waals surface area contributed by atoms with Crippen LogP contribution in [-0.2, 0) is 11.3 Å². The monoisotopic (exact) mass is 306 g/mol. The van der Waals surface area contributed by atoms with Crippen molar-refractivity contribution in [2.75, 3.05) is 33.9 Å². The highest BCUT2D eigenvalue weighted by atomic mass is 16.5. The maximum atomic E-state index is 9.19. The van der Waals surface area contributed by atoms with Crippen LogP contribution in [0.25, 0.3) is 11.4 Å². The normalized spacial score (nSPS) is 11.5. The van der Waals surface area contributed by atoms with Crippen LogP contribution < -0.4 is 0 Å². The zero-order valence-corrected chi connectivity index (χ0v) is 12.9. The summed E-state index contributed by atoms with van der Waals surface area (Å²) in [5, 5.41) is 18.4. The molecule has 120 valence electrons. The summed E-state index contributed by atoms with van der Waals surface area (Å²) in [6, 6.07) is 3.18. The molecule has 0 spiro atoms. The molecule has 0 saturated carbocycles. The third-order valence-corrected chi connectivity index (χ3v) is 3.15. The van der Waals surface area contributed by atoms with Crippen molar-refractivity contribution in [2.45, 2.75) is 12.8 Å². The van der Waals surface area contributed by atoms with Gasteiger partial charge in [0.05, 0.1) is 25.2 Å². The molecule has 2 N–H and O–H groups in total. The topological polar surface area (TPSA) is 83.6 Å². The fourth-order valence-electron chi connectivity index (χ4n) is 1.88. The van der Waals surface area contributed by atoms with Gasteiger partial charge in [0.25, 0.3) is 0 Å². The summed E-state index contributed by atoms with van der Waals surface area (Å²) in [6.07, 6.45) is 3.61. The van der Waals surface area contributed by atoms with Crippen LogP contribution in [0.5, 0.6) is 0 Å². The molecule has 2 aromatic rings. The van der Waals surface area contributed by atoms with Crippen molar-refractivity contribution in [1.82, 2.24) is 19.4 Å². The number of imidazole rings is 1. The van der Waals surface area contributed by atoms with Gasteiger partial charge in [0.1, 0.15) is 5.69 Å². The van der Waals surface area contributed by atoms with E-state index < -0.39 is 6.29 Å². The van der Waals surface area contributed by atoms with Gasteiger partial charge in [-0.1, -0.05) is 0 Å². The van der Waals surface area contributed by atoms with Crippen molar-refractivity contribution in [1.29, 1.82) is 0 Å². The largest absolute Gasteiger partial charge is 0.378 e. The number of ether oxygens (including phenoxy) is 1. The summed E-state index contributed by atoms with van der Waals surface area (Å²) in [4.78, 5) is 10.6. The second-order valence-corrected chi connectivity index (χ2v) is 5.26. The van der Waals surface area contributed by atoms with Gasteiger partial charge >= 0.3 is 0 Å². The number of pyridine rings is 1. The van der Waals surface area contributed by atoms with Gasteiger partial charge in [0.2, 0.25) is 0 Å². The highest BCUT2D eigenvalue weighted by Crippen LogP contribution is 2.18. The molecule has 7 nitrogen and oxygen atoms in total. The third kappa shape index (κ3) is 4.88. The molecule has 0 atom stereocenters. The van der Waals surface area contributed by atoms with E-state index in [1.54, 1.807) is 18.5 Å². The van der Waals surface area contributed by atoms with Gasteiger partial charge in [0.15, 0.2) is 6.29 Å². The smallest absolute Gasteiger partial charge is 0.178 e. The molecule has 7 heteroatoms. The Labute approximate surface area is 129 Å². The summed E-state index contributed by atoms with van der Waals surface area (Å²) in [6.45, 7) is 2.93. The Hall–Kier alpha value is -1.80. The molecule has 2 aromatic heterocycles. The van der Waals surface area contributed by atoms with Crippen LogP contribution in [0.1, 0.15) is 11.9 Å². The SMILES string of the molecule is CN(C)CCOCCn1cnc(-c2cc(C(O)O)ccn2)c1. The van der Waals surface area contributed by atoms with E-state index in [4.69, 9.17) is 4.74 Å². The Balaban J connectivity index is 1.90. The molecule has 0 aromatic carbocycles. The first-order valence-corrected chi connectivity index (χ1v) is 7.13. The van der Waals surface area contributed by atoms with Crippen molar-refractivity contribution >= 4 is 0 Å². The molecule has 22 heavy (non-hydrogen) atoms. The highest BCUT2D eigenvalue weighted by molar-refractivity contribution is 5.53. The van der Waals surface area contributed by atoms with E-state index in [2.05, 4.69) is 14.9 Å². The molecule has 0 aliphatic rings. The van der Waals surface area contributed by atoms with Gasteiger partial charge in [-0.15, -0.1) is 0 Å². The number of aromatic nitrogens is 3. The fourth-order valence-corrected chi connectivity index (χ4v) is 1.88. The number of hydrogen-bond donors (Lipinski definition) is 2. The molecule has 0 saturated heterocycles. The van der Waals surface area contributed by atoms with Gasteiger partial charge in [-0.3, -0.25) is 4.98 Å². The number of aliphatic hydroxyl groups excluding tert-OH is 1. The average Bonchev–Trinajstić information content (AvgIpc) is 2.95. The summed E-state index contributed by atoms with van der Waals surface area (Å²) >= 11 is 0. The Bertz CT molecular complexity index is 584. The van der Waals surface area contributed by atoms with Crippen LogP contribution in [0.3, 0.4) is 0 Å². The van der Waals surface area contributed by atoms with Crippen molar-refractivity contribution in [3.05, 3.63) is 36.4 Å². The number of likely N-dealkylation sites (N-methyl/N-ethyl adjacent to an activating group) is 1. The number of rotatable bonds is 8. The Morgan fingerprint density at radius 1 is 1.23 bits per heavy atom. The molecule has 0 aliphatic heterocycles. The number of hydrogen-bond acceptors (Lipinski definition) is 6. The van der Waals surface area contributed by atoms with Crippen molar-refractivity contribution in [3.8, 4) is 11.4 Å². The first-order valence-electron chi connectivity index (χ1n) is 7.13. The van der Waals surface area contributed by atoms with Crippen molar-refractivity contribution < 1.29 is 14.9 Å². The summed E-state index contributed by atoms with van der Waals surface area (Å²) in [7, 11) is 4.02. The van der Waals surface area contributed by atoms with E-state index in [1.807, 2.05) is 24.9 Å². The van der Waals surface area contributed by atoms with Crippen LogP contribution in [0.4, 0.5) is 0 Å². The predicted molar refractivity (Wildman–Crippen MR) is 82.0 cm³/mol. The van der Waals surface area contributed by atoms with Gasteiger partial charge in [-0.05, 0) is 26.2 Å². The fraction of sp³-hybridized carbons (Fsp3) is 0.467. The van der Waals surface area contributed by atoms with Crippen molar-refractivity contribution in [2.24, 2.45) is 0 Å². The maximum Gasteiger partial charge on any atom is 0.178 e. The van der Waals surface area contributed by atoms with E-state index in [9.17, 15) is 10.2 Å². The molecule has 2 rings (SSSR count). The van der Waals surface area contributed by atoms with E-state index in [0.717, 1.165) is 6.54 Å². The van der Waals surface area contributed by atoms with Crippen LogP contribution in [0.2, 0.25) is 0 Å². The Morgan fingerprint density at radius 2 is 2.05 bits per heavy atom. The lowest BCUT2D eigenvalue weighted by molar-refractivity contribution is -0.0425. The van der Waals surface area contributed by atoms with E-state index >= 15 is 0 Å². The summed E-state index contributed by atoms with van der Waals surface area (Å²) in [5.74, 6) is 0. The van der Waals surface area contributed by atoms with Crippen molar-refractivity contribution in [3.63, 3.8) is 0 Å². The van der Waals surface area contributed by atoms with Gasteiger partial charge in [-0.25, -0.2) is 4.98 Å². The Kier molecular flexibility index (Phi) is 6.02. The lowest BCUT2D eigenvalue weighted by Gasteiger charge is -2.09.